The van der Waals surface area contributed by atoms with E-state index >= 15 is 0 Å². The number of hydrogen-bond acceptors (Lipinski definition) is 5. The van der Waals surface area contributed by atoms with E-state index in [1.54, 1.807) is 35.7 Å². The number of hydrogen-bond donors (Lipinski definition) is 2. The lowest BCUT2D eigenvalue weighted by Crippen LogP contribution is -2.41. The highest BCUT2D eigenvalue weighted by Crippen LogP contribution is 2.25. The Kier molecular flexibility index (Phi) is 4.11. The number of fused-ring (bicyclic) bond motifs is 1. The molecule has 10 heteroatoms. The number of hydrazine groups is 1. The number of pyridine rings is 1. The summed E-state index contributed by atoms with van der Waals surface area (Å²) in [6.45, 7) is 1.68. The van der Waals surface area contributed by atoms with Crippen molar-refractivity contribution in [3.05, 3.63) is 52.3 Å². The molecule has 0 aromatic carbocycles. The van der Waals surface area contributed by atoms with Gasteiger partial charge in [-0.05, 0) is 31.2 Å². The maximum absolute atomic E-state index is 12.3. The second-order valence-electron chi connectivity index (χ2n) is 4.59. The summed E-state index contributed by atoms with van der Waals surface area (Å²) in [6.07, 6.45) is 1.68. The van der Waals surface area contributed by atoms with Crippen molar-refractivity contribution >= 4 is 44.5 Å². The first-order chi connectivity index (χ1) is 10.9. The second kappa shape index (κ2) is 5.93. The lowest BCUT2D eigenvalue weighted by atomic mass is 10.3. The summed E-state index contributed by atoms with van der Waals surface area (Å²) in [6, 6.07) is 8.13. The smallest absolute Gasteiger partial charge is 0.285 e. The molecule has 3 rings (SSSR count). The van der Waals surface area contributed by atoms with Gasteiger partial charge in [0, 0.05) is 6.20 Å². The first-order valence-electron chi connectivity index (χ1n) is 6.39. The zero-order chi connectivity index (χ0) is 16.6. The van der Waals surface area contributed by atoms with E-state index in [0.29, 0.717) is 15.7 Å². The molecule has 0 fully saturated rings. The molecule has 0 saturated carbocycles. The topological polar surface area (TPSA) is 92.6 Å². The molecular weight excluding hydrogens is 360 g/mol. The van der Waals surface area contributed by atoms with Crippen molar-refractivity contribution in [3.8, 4) is 0 Å². The number of thiophene rings is 1. The van der Waals surface area contributed by atoms with Crippen LogP contribution >= 0.6 is 22.9 Å². The van der Waals surface area contributed by atoms with E-state index in [9.17, 15) is 13.2 Å². The van der Waals surface area contributed by atoms with Crippen molar-refractivity contribution < 1.29 is 13.2 Å². The van der Waals surface area contributed by atoms with Crippen LogP contribution in [0.15, 0.2) is 40.7 Å². The fraction of sp³-hybridized carbons (Fsp3) is 0.0769. The van der Waals surface area contributed by atoms with Crippen molar-refractivity contribution in [2.24, 2.45) is 0 Å². The third-order valence-electron chi connectivity index (χ3n) is 3.03. The normalized spacial score (nSPS) is 11.7. The van der Waals surface area contributed by atoms with E-state index in [1.807, 2.05) is 0 Å². The number of nitrogens with one attached hydrogen (secondary N) is 2. The molecule has 2 N–H and O–H groups in total. The average Bonchev–Trinajstić information content (AvgIpc) is 3.08. The molecule has 120 valence electrons. The summed E-state index contributed by atoms with van der Waals surface area (Å²) in [4.78, 5) is 18.6. The quantitative estimate of drug-likeness (QED) is 0.687. The van der Waals surface area contributed by atoms with Crippen LogP contribution in [-0.2, 0) is 10.0 Å². The highest BCUT2D eigenvalue weighted by Gasteiger charge is 2.21. The molecule has 0 spiro atoms. The number of imidazole rings is 1. The highest BCUT2D eigenvalue weighted by molar-refractivity contribution is 7.91. The van der Waals surface area contributed by atoms with Gasteiger partial charge in [0.15, 0.2) is 0 Å². The molecule has 0 bridgehead atoms. The van der Waals surface area contributed by atoms with E-state index in [2.05, 4.69) is 15.2 Å². The largest absolute Gasteiger partial charge is 0.295 e. The molecule has 3 heterocycles. The molecule has 0 aliphatic heterocycles. The number of nitrogens with zero attached hydrogens (tertiary/aromatic N) is 2. The van der Waals surface area contributed by atoms with Crippen LogP contribution in [0.3, 0.4) is 0 Å². The van der Waals surface area contributed by atoms with Crippen LogP contribution < -0.4 is 10.3 Å². The van der Waals surface area contributed by atoms with Gasteiger partial charge in [0.25, 0.3) is 15.9 Å². The van der Waals surface area contributed by atoms with E-state index in [4.69, 9.17) is 11.6 Å². The molecule has 3 aromatic heterocycles. The zero-order valence-electron chi connectivity index (χ0n) is 11.8. The van der Waals surface area contributed by atoms with Crippen LogP contribution in [0.1, 0.15) is 16.2 Å². The maximum atomic E-state index is 12.3. The number of carbonyl (C=O) groups is 1. The Morgan fingerprint density at radius 3 is 2.78 bits per heavy atom. The van der Waals surface area contributed by atoms with Crippen LogP contribution in [0, 0.1) is 6.92 Å². The monoisotopic (exact) mass is 370 g/mol. The van der Waals surface area contributed by atoms with Crippen molar-refractivity contribution in [2.45, 2.75) is 11.1 Å². The standard InChI is InChI=1S/C13H11ClN4O3S2/c1-8-12(18-7-3-2-4-10(18)15-8)13(19)16-17-23(20,21)11-6-5-9(14)22-11/h2-7,17H,1H3,(H,16,19). The first kappa shape index (κ1) is 15.9. The first-order valence-corrected chi connectivity index (χ1v) is 9.07. The van der Waals surface area contributed by atoms with Gasteiger partial charge in [-0.1, -0.05) is 17.7 Å². The van der Waals surface area contributed by atoms with E-state index in [1.165, 1.54) is 12.1 Å². The van der Waals surface area contributed by atoms with Crippen LogP contribution in [0.25, 0.3) is 5.65 Å². The summed E-state index contributed by atoms with van der Waals surface area (Å²) in [7, 11) is -3.87. The van der Waals surface area contributed by atoms with Crippen LogP contribution in [-0.4, -0.2) is 23.7 Å². The Balaban J connectivity index is 1.83. The molecule has 0 aliphatic carbocycles. The van der Waals surface area contributed by atoms with Crippen molar-refractivity contribution in [3.63, 3.8) is 0 Å². The van der Waals surface area contributed by atoms with E-state index in [-0.39, 0.29) is 9.90 Å². The van der Waals surface area contributed by atoms with Crippen molar-refractivity contribution in [1.82, 2.24) is 19.6 Å². The molecule has 0 radical (unpaired) electrons. The lowest BCUT2D eigenvalue weighted by Gasteiger charge is -2.07. The van der Waals surface area contributed by atoms with E-state index in [0.717, 1.165) is 11.3 Å². The Hall–Kier alpha value is -1.94. The summed E-state index contributed by atoms with van der Waals surface area (Å²) in [5.41, 5.74) is 3.54. The van der Waals surface area contributed by atoms with E-state index < -0.39 is 15.9 Å². The number of carbonyl (C=O) groups excluding carboxylic acids is 1. The van der Waals surface area contributed by atoms with Gasteiger partial charge in [0.1, 0.15) is 15.6 Å². The summed E-state index contributed by atoms with van der Waals surface area (Å²) in [5, 5.41) is 0. The van der Waals surface area contributed by atoms with Gasteiger partial charge in [-0.2, -0.15) is 0 Å². The number of aromatic nitrogens is 2. The van der Waals surface area contributed by atoms with Gasteiger partial charge in [-0.25, -0.2) is 13.4 Å². The Morgan fingerprint density at radius 1 is 1.30 bits per heavy atom. The lowest BCUT2D eigenvalue weighted by molar-refractivity contribution is 0.0938. The number of rotatable bonds is 4. The number of amides is 1. The van der Waals surface area contributed by atoms with Crippen LogP contribution in [0.2, 0.25) is 4.34 Å². The molecule has 0 saturated heterocycles. The highest BCUT2D eigenvalue weighted by atomic mass is 35.5. The maximum Gasteiger partial charge on any atom is 0.285 e. The fourth-order valence-electron chi connectivity index (χ4n) is 2.05. The van der Waals surface area contributed by atoms with Gasteiger partial charge in [0.05, 0.1) is 10.0 Å². The third kappa shape index (κ3) is 3.08. The molecule has 0 unspecified atom stereocenters. The van der Waals surface area contributed by atoms with Gasteiger partial charge < -0.3 is 0 Å². The fourth-order valence-corrected chi connectivity index (χ4v) is 4.37. The zero-order valence-corrected chi connectivity index (χ0v) is 14.2. The number of halogens is 1. The van der Waals surface area contributed by atoms with Gasteiger partial charge in [0.2, 0.25) is 0 Å². The SMILES string of the molecule is Cc1nc2ccccn2c1C(=O)NNS(=O)(=O)c1ccc(Cl)s1. The minimum Gasteiger partial charge on any atom is -0.295 e. The predicted octanol–water partition coefficient (Wildman–Crippen LogP) is 1.98. The second-order valence-corrected chi connectivity index (χ2v) is 8.22. The third-order valence-corrected chi connectivity index (χ3v) is 6.00. The summed E-state index contributed by atoms with van der Waals surface area (Å²) in [5.74, 6) is -0.604. The Labute approximate surface area is 140 Å². The Bertz CT molecular complexity index is 994. The predicted molar refractivity (Wildman–Crippen MR) is 87.0 cm³/mol. The molecule has 0 atom stereocenters. The molecular formula is C13H11ClN4O3S2. The van der Waals surface area contributed by atoms with Gasteiger partial charge >= 0.3 is 0 Å². The molecule has 1 amide bonds. The molecule has 7 nitrogen and oxygen atoms in total. The molecule has 3 aromatic rings. The number of aryl methyl sites for hydroxylation is 1. The van der Waals surface area contributed by atoms with Gasteiger partial charge in [-0.15, -0.1) is 16.2 Å². The average molecular weight is 371 g/mol. The minimum absolute atomic E-state index is 0.0117. The van der Waals surface area contributed by atoms with Crippen LogP contribution in [0.5, 0.6) is 0 Å². The summed E-state index contributed by atoms with van der Waals surface area (Å²) < 4.78 is 26.1. The minimum atomic E-state index is -3.87. The molecule has 23 heavy (non-hydrogen) atoms. The number of sulfonamides is 1. The van der Waals surface area contributed by atoms with Crippen LogP contribution in [0.4, 0.5) is 0 Å². The van der Waals surface area contributed by atoms with Crippen molar-refractivity contribution in [2.75, 3.05) is 0 Å². The molecule has 0 aliphatic rings. The Morgan fingerprint density at radius 2 is 2.09 bits per heavy atom. The summed E-state index contributed by atoms with van der Waals surface area (Å²) >= 11 is 6.62. The van der Waals surface area contributed by atoms with Crippen molar-refractivity contribution in [1.29, 1.82) is 0 Å². The van der Waals surface area contributed by atoms with Gasteiger partial charge in [-0.3, -0.25) is 14.6 Å².